The van der Waals surface area contributed by atoms with Crippen LogP contribution in [0, 0.1) is 5.41 Å². The number of Topliss-reactive ketones (excluding diaryl/α,β-unsaturated/α-hetero) is 1. The fourth-order valence-electron chi connectivity index (χ4n) is 2.05. The van der Waals surface area contributed by atoms with E-state index < -0.39 is 21.4 Å². The summed E-state index contributed by atoms with van der Waals surface area (Å²) in [6, 6.07) is 0. The second-order valence-corrected chi connectivity index (χ2v) is 7.69. The van der Waals surface area contributed by atoms with Gasteiger partial charge in [-0.2, -0.15) is 4.31 Å². The van der Waals surface area contributed by atoms with E-state index in [1.807, 2.05) is 4.90 Å². The second kappa shape index (κ2) is 6.85. The highest BCUT2D eigenvalue weighted by Gasteiger charge is 2.38. The summed E-state index contributed by atoms with van der Waals surface area (Å²) in [6.45, 7) is 6.88. The van der Waals surface area contributed by atoms with E-state index in [1.54, 1.807) is 20.8 Å². The van der Waals surface area contributed by atoms with E-state index in [0.29, 0.717) is 26.2 Å². The van der Waals surface area contributed by atoms with E-state index in [0.717, 1.165) is 0 Å². The van der Waals surface area contributed by atoms with Crippen molar-refractivity contribution in [3.8, 4) is 0 Å². The molecule has 1 rings (SSSR count). The number of piperazine rings is 1. The minimum atomic E-state index is -3.18. The molecule has 0 aromatic rings. The Morgan fingerprint density at radius 1 is 1.14 bits per heavy atom. The Hall–Kier alpha value is -0.990. The first kappa shape index (κ1) is 18.1. The molecule has 0 aromatic carbocycles. The molecule has 21 heavy (non-hydrogen) atoms. The third-order valence-electron chi connectivity index (χ3n) is 3.65. The molecule has 1 aliphatic heterocycles. The van der Waals surface area contributed by atoms with Gasteiger partial charge >= 0.3 is 5.97 Å². The molecule has 0 atom stereocenters. The van der Waals surface area contributed by atoms with E-state index >= 15 is 0 Å². The van der Waals surface area contributed by atoms with Gasteiger partial charge in [0.1, 0.15) is 5.41 Å². The van der Waals surface area contributed by atoms with Crippen molar-refractivity contribution in [2.75, 3.05) is 45.6 Å². The lowest BCUT2D eigenvalue weighted by Gasteiger charge is -2.34. The van der Waals surface area contributed by atoms with Crippen LogP contribution in [0.4, 0.5) is 0 Å². The molecule has 0 bridgehead atoms. The lowest BCUT2D eigenvalue weighted by molar-refractivity contribution is -0.158. The van der Waals surface area contributed by atoms with Crippen molar-refractivity contribution in [1.29, 1.82) is 0 Å². The van der Waals surface area contributed by atoms with Crippen LogP contribution in [0.15, 0.2) is 0 Å². The number of ketones is 1. The predicted molar refractivity (Wildman–Crippen MR) is 78.3 cm³/mol. The normalized spacial score (nSPS) is 18.5. The Morgan fingerprint density at radius 2 is 1.67 bits per heavy atom. The van der Waals surface area contributed by atoms with Crippen molar-refractivity contribution < 1.29 is 22.7 Å². The molecule has 1 heterocycles. The summed E-state index contributed by atoms with van der Waals surface area (Å²) in [7, 11) is -3.18. The maximum absolute atomic E-state index is 12.3. The van der Waals surface area contributed by atoms with Gasteiger partial charge in [0.25, 0.3) is 0 Å². The van der Waals surface area contributed by atoms with Gasteiger partial charge < -0.3 is 4.74 Å². The van der Waals surface area contributed by atoms with E-state index in [9.17, 15) is 18.0 Å². The molecule has 0 aromatic heterocycles. The highest BCUT2D eigenvalue weighted by Crippen LogP contribution is 2.20. The van der Waals surface area contributed by atoms with E-state index in [-0.39, 0.29) is 18.9 Å². The minimum Gasteiger partial charge on any atom is -0.465 e. The maximum atomic E-state index is 12.3. The highest BCUT2D eigenvalue weighted by molar-refractivity contribution is 7.88. The molecular weight excluding hydrogens is 296 g/mol. The molecule has 0 unspecified atom stereocenters. The van der Waals surface area contributed by atoms with Gasteiger partial charge in [-0.1, -0.05) is 0 Å². The van der Waals surface area contributed by atoms with Gasteiger partial charge in [0.2, 0.25) is 10.0 Å². The number of hydrogen-bond acceptors (Lipinski definition) is 6. The Labute approximate surface area is 126 Å². The van der Waals surface area contributed by atoms with Gasteiger partial charge in [-0.05, 0) is 20.8 Å². The van der Waals surface area contributed by atoms with Crippen molar-refractivity contribution in [2.45, 2.75) is 20.8 Å². The van der Waals surface area contributed by atoms with Crippen LogP contribution >= 0.6 is 0 Å². The SMILES string of the molecule is CCOC(=O)C(C)(C)C(=O)CN1CCN(S(C)(=O)=O)CC1. The van der Waals surface area contributed by atoms with Crippen LogP contribution < -0.4 is 0 Å². The summed E-state index contributed by atoms with van der Waals surface area (Å²) < 4.78 is 29.1. The van der Waals surface area contributed by atoms with Crippen molar-refractivity contribution in [3.63, 3.8) is 0 Å². The molecule has 0 N–H and O–H groups in total. The van der Waals surface area contributed by atoms with Gasteiger partial charge in [-0.3, -0.25) is 14.5 Å². The monoisotopic (exact) mass is 320 g/mol. The number of nitrogens with zero attached hydrogens (tertiary/aromatic N) is 2. The molecule has 0 aliphatic carbocycles. The summed E-state index contributed by atoms with van der Waals surface area (Å²) >= 11 is 0. The van der Waals surface area contributed by atoms with Crippen LogP contribution in [0.3, 0.4) is 0 Å². The molecular formula is C13H24N2O5S. The minimum absolute atomic E-state index is 0.128. The Kier molecular flexibility index (Phi) is 5.89. The Balaban J connectivity index is 2.56. The number of esters is 1. The summed E-state index contributed by atoms with van der Waals surface area (Å²) in [6.07, 6.45) is 1.18. The fraction of sp³-hybridized carbons (Fsp3) is 0.846. The number of carbonyl (C=O) groups is 2. The third kappa shape index (κ3) is 4.76. The molecule has 1 aliphatic rings. The second-order valence-electron chi connectivity index (χ2n) is 5.71. The lowest BCUT2D eigenvalue weighted by atomic mass is 9.87. The lowest BCUT2D eigenvalue weighted by Crippen LogP contribution is -2.51. The van der Waals surface area contributed by atoms with Crippen LogP contribution in [0.5, 0.6) is 0 Å². The number of carbonyl (C=O) groups excluding carboxylic acids is 2. The quantitative estimate of drug-likeness (QED) is 0.494. The summed E-state index contributed by atoms with van der Waals surface area (Å²) in [4.78, 5) is 25.9. The topological polar surface area (TPSA) is 84.0 Å². The summed E-state index contributed by atoms with van der Waals surface area (Å²) in [5.41, 5.74) is -1.18. The average molecular weight is 320 g/mol. The average Bonchev–Trinajstić information content (AvgIpc) is 2.38. The van der Waals surface area contributed by atoms with Crippen LogP contribution in [-0.4, -0.2) is 75.0 Å². The molecule has 122 valence electrons. The number of hydrogen-bond donors (Lipinski definition) is 0. The van der Waals surface area contributed by atoms with Gasteiger partial charge in [0.15, 0.2) is 5.78 Å². The first-order chi connectivity index (χ1) is 9.59. The molecule has 0 amide bonds. The maximum Gasteiger partial charge on any atom is 0.319 e. The molecule has 0 saturated carbocycles. The smallest absolute Gasteiger partial charge is 0.319 e. The van der Waals surface area contributed by atoms with Gasteiger partial charge in [0, 0.05) is 26.2 Å². The third-order valence-corrected chi connectivity index (χ3v) is 4.95. The van der Waals surface area contributed by atoms with Gasteiger partial charge in [0.05, 0.1) is 19.4 Å². The first-order valence-electron chi connectivity index (χ1n) is 6.97. The zero-order valence-corrected chi connectivity index (χ0v) is 13.9. The van der Waals surface area contributed by atoms with Crippen molar-refractivity contribution in [3.05, 3.63) is 0 Å². The number of rotatable bonds is 6. The van der Waals surface area contributed by atoms with Crippen LogP contribution in [-0.2, 0) is 24.3 Å². The molecule has 1 saturated heterocycles. The molecule has 0 spiro atoms. The molecule has 0 radical (unpaired) electrons. The fourth-order valence-corrected chi connectivity index (χ4v) is 2.87. The van der Waals surface area contributed by atoms with Gasteiger partial charge in [-0.25, -0.2) is 8.42 Å². The largest absolute Gasteiger partial charge is 0.465 e. The molecule has 1 fully saturated rings. The standard InChI is InChI=1S/C13H24N2O5S/c1-5-20-12(17)13(2,3)11(16)10-14-6-8-15(9-7-14)21(4,18)19/h5-10H2,1-4H3. The number of sulfonamides is 1. The summed E-state index contributed by atoms with van der Waals surface area (Å²) in [5, 5.41) is 0. The van der Waals surface area contributed by atoms with E-state index in [4.69, 9.17) is 4.74 Å². The van der Waals surface area contributed by atoms with E-state index in [1.165, 1.54) is 10.6 Å². The Bertz CT molecular complexity index is 493. The Morgan fingerprint density at radius 3 is 2.10 bits per heavy atom. The number of ether oxygens (including phenoxy) is 1. The van der Waals surface area contributed by atoms with Crippen molar-refractivity contribution in [2.24, 2.45) is 5.41 Å². The first-order valence-corrected chi connectivity index (χ1v) is 8.82. The molecule has 8 heteroatoms. The molecule has 7 nitrogen and oxygen atoms in total. The van der Waals surface area contributed by atoms with Crippen LogP contribution in [0.25, 0.3) is 0 Å². The van der Waals surface area contributed by atoms with Crippen molar-refractivity contribution in [1.82, 2.24) is 9.21 Å². The van der Waals surface area contributed by atoms with E-state index in [2.05, 4.69) is 0 Å². The zero-order valence-electron chi connectivity index (χ0n) is 13.1. The van der Waals surface area contributed by atoms with Gasteiger partial charge in [-0.15, -0.1) is 0 Å². The van der Waals surface area contributed by atoms with Crippen LogP contribution in [0.1, 0.15) is 20.8 Å². The zero-order chi connectivity index (χ0) is 16.3. The highest BCUT2D eigenvalue weighted by atomic mass is 32.2. The predicted octanol–water partition coefficient (Wildman–Crippen LogP) is -0.278. The summed E-state index contributed by atoms with van der Waals surface area (Å²) in [5.74, 6) is -0.737. The van der Waals surface area contributed by atoms with Crippen molar-refractivity contribution >= 4 is 21.8 Å². The van der Waals surface area contributed by atoms with Crippen LogP contribution in [0.2, 0.25) is 0 Å².